The second kappa shape index (κ2) is 3.76. The second-order valence-electron chi connectivity index (χ2n) is 3.35. The smallest absolute Gasteiger partial charge is 0.399 e. The van der Waals surface area contributed by atoms with Crippen LogP contribution < -0.4 is 5.73 Å². The van der Waals surface area contributed by atoms with Crippen molar-refractivity contribution < 1.29 is 17.6 Å². The van der Waals surface area contributed by atoms with E-state index < -0.39 is 17.8 Å². The molecule has 0 aliphatic carbocycles. The molecule has 0 unspecified atom stereocenters. The largest absolute Gasteiger partial charge is 0.435 e. The van der Waals surface area contributed by atoms with Crippen LogP contribution in [0.1, 0.15) is 5.69 Å². The SMILES string of the molecule is Nc1ccc(-n2nc(C(F)(F)F)cc2F)cc1. The highest BCUT2D eigenvalue weighted by Gasteiger charge is 2.35. The molecule has 1 aromatic heterocycles. The summed E-state index contributed by atoms with van der Waals surface area (Å²) < 4.78 is 50.8. The molecule has 90 valence electrons. The summed E-state index contributed by atoms with van der Waals surface area (Å²) in [6, 6.07) is 6.00. The van der Waals surface area contributed by atoms with Gasteiger partial charge in [-0.3, -0.25) is 0 Å². The van der Waals surface area contributed by atoms with E-state index in [1.807, 2.05) is 0 Å². The van der Waals surface area contributed by atoms with E-state index in [0.717, 1.165) is 0 Å². The molecular formula is C10H7F4N3. The van der Waals surface area contributed by atoms with Gasteiger partial charge in [0, 0.05) is 11.8 Å². The van der Waals surface area contributed by atoms with E-state index in [4.69, 9.17) is 5.73 Å². The first-order valence-electron chi connectivity index (χ1n) is 4.56. The molecule has 0 atom stereocenters. The molecule has 1 aromatic carbocycles. The molecular weight excluding hydrogens is 238 g/mol. The lowest BCUT2D eigenvalue weighted by atomic mass is 10.3. The van der Waals surface area contributed by atoms with Gasteiger partial charge in [0.2, 0.25) is 5.95 Å². The Balaban J connectivity index is 2.46. The minimum absolute atomic E-state index is 0.173. The van der Waals surface area contributed by atoms with Gasteiger partial charge in [-0.15, -0.1) is 0 Å². The lowest BCUT2D eigenvalue weighted by Gasteiger charge is -2.03. The molecule has 0 saturated carbocycles. The van der Waals surface area contributed by atoms with Crippen LogP contribution in [0.4, 0.5) is 23.2 Å². The number of hydrogen-bond donors (Lipinski definition) is 1. The van der Waals surface area contributed by atoms with Gasteiger partial charge in [0.15, 0.2) is 5.69 Å². The van der Waals surface area contributed by atoms with E-state index in [1.165, 1.54) is 24.3 Å². The summed E-state index contributed by atoms with van der Waals surface area (Å²) in [5, 5.41) is 3.16. The topological polar surface area (TPSA) is 43.8 Å². The highest BCUT2D eigenvalue weighted by molar-refractivity contribution is 5.44. The Morgan fingerprint density at radius 3 is 2.18 bits per heavy atom. The van der Waals surface area contributed by atoms with Crippen LogP contribution in [0.25, 0.3) is 5.69 Å². The summed E-state index contributed by atoms with van der Waals surface area (Å²) in [4.78, 5) is 0. The van der Waals surface area contributed by atoms with Crippen LogP contribution >= 0.6 is 0 Å². The zero-order valence-electron chi connectivity index (χ0n) is 8.37. The Morgan fingerprint density at radius 2 is 1.71 bits per heavy atom. The number of hydrogen-bond acceptors (Lipinski definition) is 2. The van der Waals surface area contributed by atoms with Gasteiger partial charge in [-0.25, -0.2) is 4.68 Å². The minimum Gasteiger partial charge on any atom is -0.399 e. The van der Waals surface area contributed by atoms with Crippen molar-refractivity contribution in [3.8, 4) is 5.69 Å². The molecule has 0 radical (unpaired) electrons. The summed E-state index contributed by atoms with van der Waals surface area (Å²) in [5.74, 6) is -1.08. The van der Waals surface area contributed by atoms with Gasteiger partial charge in [0.1, 0.15) is 0 Å². The van der Waals surface area contributed by atoms with Crippen LogP contribution in [0.3, 0.4) is 0 Å². The fraction of sp³-hybridized carbons (Fsp3) is 0.100. The summed E-state index contributed by atoms with van der Waals surface area (Å²) in [6.07, 6.45) is -4.67. The van der Waals surface area contributed by atoms with Crippen molar-refractivity contribution in [3.05, 3.63) is 42.0 Å². The third-order valence-corrected chi connectivity index (χ3v) is 2.09. The van der Waals surface area contributed by atoms with Crippen LogP contribution in [-0.4, -0.2) is 9.78 Å². The van der Waals surface area contributed by atoms with Crippen LogP contribution in [0.2, 0.25) is 0 Å². The fourth-order valence-electron chi connectivity index (χ4n) is 1.29. The molecule has 2 N–H and O–H groups in total. The van der Waals surface area contributed by atoms with Crippen LogP contribution in [0, 0.1) is 5.95 Å². The van der Waals surface area contributed by atoms with Gasteiger partial charge in [-0.05, 0) is 24.3 Å². The van der Waals surface area contributed by atoms with Crippen LogP contribution in [0.15, 0.2) is 30.3 Å². The number of nitrogens with two attached hydrogens (primary N) is 1. The maximum atomic E-state index is 13.3. The lowest BCUT2D eigenvalue weighted by molar-refractivity contribution is -0.141. The first kappa shape index (κ1) is 11.4. The van der Waals surface area contributed by atoms with Crippen molar-refractivity contribution in [2.45, 2.75) is 6.18 Å². The van der Waals surface area contributed by atoms with Gasteiger partial charge >= 0.3 is 6.18 Å². The highest BCUT2D eigenvalue weighted by Crippen LogP contribution is 2.29. The molecule has 0 aliphatic rings. The van der Waals surface area contributed by atoms with Crippen molar-refractivity contribution in [2.24, 2.45) is 0 Å². The van der Waals surface area contributed by atoms with Crippen molar-refractivity contribution >= 4 is 5.69 Å². The van der Waals surface area contributed by atoms with E-state index in [2.05, 4.69) is 5.10 Å². The molecule has 3 nitrogen and oxygen atoms in total. The molecule has 1 heterocycles. The van der Waals surface area contributed by atoms with Crippen LogP contribution in [-0.2, 0) is 6.18 Å². The first-order chi connectivity index (χ1) is 7.88. The third kappa shape index (κ3) is 2.22. The summed E-state index contributed by atoms with van der Waals surface area (Å²) >= 11 is 0. The molecule has 7 heteroatoms. The average molecular weight is 245 g/mol. The standard InChI is InChI=1S/C10H7F4N3/c11-9-5-8(10(12,13)14)16-17(9)7-3-1-6(15)2-4-7/h1-5H,15H2. The van der Waals surface area contributed by atoms with E-state index in [9.17, 15) is 17.6 Å². The number of anilines is 1. The number of nitrogen functional groups attached to an aromatic ring is 1. The Bertz CT molecular complexity index is 527. The molecule has 0 amide bonds. The number of alkyl halides is 3. The predicted octanol–water partition coefficient (Wildman–Crippen LogP) is 2.61. The second-order valence-corrected chi connectivity index (χ2v) is 3.35. The quantitative estimate of drug-likeness (QED) is 0.620. The van der Waals surface area contributed by atoms with E-state index in [1.54, 1.807) is 0 Å². The lowest BCUT2D eigenvalue weighted by Crippen LogP contribution is -2.07. The Hall–Kier alpha value is -2.05. The third-order valence-electron chi connectivity index (χ3n) is 2.09. The number of benzene rings is 1. The Morgan fingerprint density at radius 1 is 1.12 bits per heavy atom. The summed E-state index contributed by atoms with van der Waals surface area (Å²) in [5.41, 5.74) is 4.74. The van der Waals surface area contributed by atoms with E-state index in [-0.39, 0.29) is 5.69 Å². The monoisotopic (exact) mass is 245 g/mol. The van der Waals surface area contributed by atoms with E-state index in [0.29, 0.717) is 16.4 Å². The first-order valence-corrected chi connectivity index (χ1v) is 4.56. The maximum Gasteiger partial charge on any atom is 0.435 e. The zero-order valence-corrected chi connectivity index (χ0v) is 8.37. The number of aromatic nitrogens is 2. The van der Waals surface area contributed by atoms with Crippen molar-refractivity contribution in [1.29, 1.82) is 0 Å². The maximum absolute atomic E-state index is 13.3. The zero-order chi connectivity index (χ0) is 12.6. The van der Waals surface area contributed by atoms with Crippen LogP contribution in [0.5, 0.6) is 0 Å². The minimum atomic E-state index is -4.67. The predicted molar refractivity (Wildman–Crippen MR) is 52.9 cm³/mol. The molecule has 0 spiro atoms. The van der Waals surface area contributed by atoms with Gasteiger partial charge in [-0.1, -0.05) is 0 Å². The molecule has 0 saturated heterocycles. The van der Waals surface area contributed by atoms with Gasteiger partial charge in [0.05, 0.1) is 5.69 Å². The van der Waals surface area contributed by atoms with Crippen molar-refractivity contribution in [2.75, 3.05) is 5.73 Å². The van der Waals surface area contributed by atoms with Gasteiger partial charge in [-0.2, -0.15) is 22.7 Å². The van der Waals surface area contributed by atoms with Gasteiger partial charge in [0.25, 0.3) is 0 Å². The molecule has 2 rings (SSSR count). The average Bonchev–Trinajstić information content (AvgIpc) is 2.61. The molecule has 0 bridgehead atoms. The summed E-state index contributed by atoms with van der Waals surface area (Å²) in [7, 11) is 0. The number of rotatable bonds is 1. The van der Waals surface area contributed by atoms with E-state index >= 15 is 0 Å². The normalized spacial score (nSPS) is 11.8. The summed E-state index contributed by atoms with van der Waals surface area (Å²) in [6.45, 7) is 0. The van der Waals surface area contributed by atoms with Crippen molar-refractivity contribution in [1.82, 2.24) is 9.78 Å². The van der Waals surface area contributed by atoms with Gasteiger partial charge < -0.3 is 5.73 Å². The Labute approximate surface area is 93.5 Å². The highest BCUT2D eigenvalue weighted by atomic mass is 19.4. The molecule has 17 heavy (non-hydrogen) atoms. The van der Waals surface area contributed by atoms with Crippen molar-refractivity contribution in [3.63, 3.8) is 0 Å². The number of halogens is 4. The molecule has 0 aliphatic heterocycles. The number of nitrogens with zero attached hydrogens (tertiary/aromatic N) is 2. The molecule has 2 aromatic rings. The fourth-order valence-corrected chi connectivity index (χ4v) is 1.29. The Kier molecular flexibility index (Phi) is 2.53. The molecule has 0 fully saturated rings.